The minimum Gasteiger partial charge on any atom is -0.444 e. The Balaban J connectivity index is 0.000000204. The maximum atomic E-state index is 14.3. The lowest BCUT2D eigenvalue weighted by Gasteiger charge is -2.10. The molecule has 0 saturated carbocycles. The van der Waals surface area contributed by atoms with Gasteiger partial charge in [-0.15, -0.1) is 0 Å². The lowest BCUT2D eigenvalue weighted by atomic mass is 10.2. The molecule has 38 heavy (non-hydrogen) atoms. The van der Waals surface area contributed by atoms with Crippen LogP contribution >= 0.6 is 0 Å². The molecule has 8 nitrogen and oxygen atoms in total. The molecule has 0 radical (unpaired) electrons. The van der Waals surface area contributed by atoms with Crippen LogP contribution in [0.15, 0.2) is 91.5 Å². The number of carbonyl (C=O) groups excluding carboxylic acids is 1. The van der Waals surface area contributed by atoms with E-state index in [9.17, 15) is 13.6 Å². The van der Waals surface area contributed by atoms with Gasteiger partial charge in [0.25, 0.3) is 0 Å². The fraction of sp³-hybridized carbons (Fsp3) is 0.107. The highest BCUT2D eigenvalue weighted by Gasteiger charge is 2.10. The fourth-order valence-electron chi connectivity index (χ4n) is 3.64. The molecule has 3 N–H and O–H groups in total. The normalized spacial score (nSPS) is 10.4. The number of ether oxygens (including phenoxy) is 1. The first-order valence-corrected chi connectivity index (χ1v) is 11.6. The first-order valence-electron chi connectivity index (χ1n) is 11.6. The number of aryl methyl sites for hydroxylation is 2. The Labute approximate surface area is 218 Å². The molecule has 0 aliphatic rings. The van der Waals surface area contributed by atoms with Crippen molar-refractivity contribution in [1.82, 2.24) is 19.1 Å². The maximum Gasteiger partial charge on any atom is 0.411 e. The lowest BCUT2D eigenvalue weighted by molar-refractivity contribution is 0.155. The molecule has 5 rings (SSSR count). The Morgan fingerprint density at radius 1 is 0.868 bits per heavy atom. The van der Waals surface area contributed by atoms with Gasteiger partial charge in [0.1, 0.15) is 29.9 Å². The number of nitrogen functional groups attached to an aromatic ring is 1. The van der Waals surface area contributed by atoms with Crippen molar-refractivity contribution in [2.45, 2.75) is 20.5 Å². The van der Waals surface area contributed by atoms with E-state index in [-0.39, 0.29) is 12.4 Å². The molecule has 194 valence electrons. The van der Waals surface area contributed by atoms with Crippen molar-refractivity contribution in [2.24, 2.45) is 0 Å². The zero-order valence-electron chi connectivity index (χ0n) is 20.8. The summed E-state index contributed by atoms with van der Waals surface area (Å²) >= 11 is 0. The number of nitrogens with one attached hydrogen (secondary N) is 1. The minimum absolute atomic E-state index is 0.154. The molecule has 1 amide bonds. The van der Waals surface area contributed by atoms with E-state index >= 15 is 0 Å². The number of carbonyl (C=O) groups is 1. The number of hydrogen-bond donors (Lipinski definition) is 2. The third-order valence-electron chi connectivity index (χ3n) is 5.55. The number of benzene rings is 3. The second-order valence-corrected chi connectivity index (χ2v) is 8.25. The Morgan fingerprint density at radius 3 is 1.97 bits per heavy atom. The van der Waals surface area contributed by atoms with Crippen molar-refractivity contribution in [2.75, 3.05) is 11.1 Å². The maximum absolute atomic E-state index is 14.3. The summed E-state index contributed by atoms with van der Waals surface area (Å²) in [5, 5.41) is 2.51. The molecule has 3 aromatic carbocycles. The average molecular weight is 517 g/mol. The largest absolute Gasteiger partial charge is 0.444 e. The van der Waals surface area contributed by atoms with Gasteiger partial charge in [-0.3, -0.25) is 5.32 Å². The molecule has 2 heterocycles. The van der Waals surface area contributed by atoms with Crippen LogP contribution in [0.3, 0.4) is 0 Å². The van der Waals surface area contributed by atoms with E-state index in [1.165, 1.54) is 12.1 Å². The quantitative estimate of drug-likeness (QED) is 0.280. The van der Waals surface area contributed by atoms with Gasteiger partial charge in [0.15, 0.2) is 0 Å². The summed E-state index contributed by atoms with van der Waals surface area (Å²) < 4.78 is 36.1. The molecular weight excluding hydrogens is 490 g/mol. The summed E-state index contributed by atoms with van der Waals surface area (Å²) in [6.07, 6.45) is 5.98. The van der Waals surface area contributed by atoms with E-state index in [0.717, 1.165) is 11.4 Å². The molecule has 5 aromatic rings. The summed E-state index contributed by atoms with van der Waals surface area (Å²) in [6.45, 7) is 3.75. The number of rotatable bonds is 5. The van der Waals surface area contributed by atoms with Gasteiger partial charge in [-0.1, -0.05) is 30.3 Å². The SMILES string of the molecule is Cc1nccn1-c1ccc(N)cc1F.Cc1nccn1-c1ccc(NC(=O)OCc2ccccc2)cc1F. The number of nitrogens with two attached hydrogens (primary N) is 1. The summed E-state index contributed by atoms with van der Waals surface area (Å²) in [6, 6.07) is 18.4. The van der Waals surface area contributed by atoms with Crippen molar-refractivity contribution >= 4 is 17.5 Å². The molecule has 0 fully saturated rings. The number of nitrogens with zero attached hydrogens (tertiary/aromatic N) is 4. The molecule has 0 bridgehead atoms. The van der Waals surface area contributed by atoms with Gasteiger partial charge in [-0.2, -0.15) is 0 Å². The average Bonchev–Trinajstić information content (AvgIpc) is 3.52. The fourth-order valence-corrected chi connectivity index (χ4v) is 3.64. The van der Waals surface area contributed by atoms with Gasteiger partial charge in [0, 0.05) is 36.2 Å². The molecule has 0 spiro atoms. The minimum atomic E-state index is -0.634. The van der Waals surface area contributed by atoms with Gasteiger partial charge in [-0.25, -0.2) is 23.5 Å². The van der Waals surface area contributed by atoms with Crippen molar-refractivity contribution < 1.29 is 18.3 Å². The van der Waals surface area contributed by atoms with E-state index in [2.05, 4.69) is 15.3 Å². The third kappa shape index (κ3) is 6.41. The Hall–Kier alpha value is -4.99. The molecule has 2 aromatic heterocycles. The van der Waals surface area contributed by atoms with E-state index in [1.54, 1.807) is 65.1 Å². The second-order valence-electron chi connectivity index (χ2n) is 8.25. The van der Waals surface area contributed by atoms with E-state index in [0.29, 0.717) is 28.6 Å². The monoisotopic (exact) mass is 516 g/mol. The van der Waals surface area contributed by atoms with E-state index in [1.807, 2.05) is 37.3 Å². The topological polar surface area (TPSA) is 100.0 Å². The Bertz CT molecular complexity index is 1530. The first kappa shape index (κ1) is 26.1. The summed E-state index contributed by atoms with van der Waals surface area (Å²) in [5.41, 5.74) is 7.92. The molecule has 0 aliphatic heterocycles. The zero-order chi connectivity index (χ0) is 27.1. The van der Waals surface area contributed by atoms with E-state index < -0.39 is 11.9 Å². The zero-order valence-corrected chi connectivity index (χ0v) is 20.8. The molecular formula is C28H26F2N6O2. The van der Waals surface area contributed by atoms with Crippen LogP contribution in [0.4, 0.5) is 25.0 Å². The predicted molar refractivity (Wildman–Crippen MR) is 141 cm³/mol. The van der Waals surface area contributed by atoms with Crippen LogP contribution in [-0.4, -0.2) is 25.2 Å². The third-order valence-corrected chi connectivity index (χ3v) is 5.55. The molecule has 10 heteroatoms. The smallest absolute Gasteiger partial charge is 0.411 e. The van der Waals surface area contributed by atoms with Crippen molar-refractivity contribution in [3.05, 3.63) is 120 Å². The van der Waals surface area contributed by atoms with Gasteiger partial charge in [-0.05, 0) is 55.8 Å². The lowest BCUT2D eigenvalue weighted by Crippen LogP contribution is -2.14. The second kappa shape index (κ2) is 11.8. The summed E-state index contributed by atoms with van der Waals surface area (Å²) in [4.78, 5) is 19.9. The summed E-state index contributed by atoms with van der Waals surface area (Å²) in [7, 11) is 0. The number of imidazole rings is 2. The first-order chi connectivity index (χ1) is 18.3. The Morgan fingerprint density at radius 2 is 1.45 bits per heavy atom. The van der Waals surface area contributed by atoms with Crippen LogP contribution in [0.5, 0.6) is 0 Å². The predicted octanol–water partition coefficient (Wildman–Crippen LogP) is 5.97. The van der Waals surface area contributed by atoms with Gasteiger partial charge >= 0.3 is 6.09 Å². The van der Waals surface area contributed by atoms with Crippen molar-refractivity contribution in [1.29, 1.82) is 0 Å². The van der Waals surface area contributed by atoms with Crippen molar-refractivity contribution in [3.8, 4) is 11.4 Å². The number of halogens is 2. The molecule has 0 saturated heterocycles. The Kier molecular flexibility index (Phi) is 8.12. The van der Waals surface area contributed by atoms with E-state index in [4.69, 9.17) is 10.5 Å². The van der Waals surface area contributed by atoms with Crippen LogP contribution < -0.4 is 11.1 Å². The summed E-state index contributed by atoms with van der Waals surface area (Å²) in [5.74, 6) is 0.619. The molecule has 0 atom stereocenters. The number of amides is 1. The highest BCUT2D eigenvalue weighted by Crippen LogP contribution is 2.20. The van der Waals surface area contributed by atoms with Crippen LogP contribution in [0, 0.1) is 25.5 Å². The van der Waals surface area contributed by atoms with Crippen molar-refractivity contribution in [3.63, 3.8) is 0 Å². The number of anilines is 2. The molecule has 0 unspecified atom stereocenters. The highest BCUT2D eigenvalue weighted by atomic mass is 19.1. The highest BCUT2D eigenvalue weighted by molar-refractivity contribution is 5.84. The van der Waals surface area contributed by atoms with Gasteiger partial charge in [0.05, 0.1) is 11.4 Å². The van der Waals surface area contributed by atoms with Crippen LogP contribution in [0.1, 0.15) is 17.2 Å². The van der Waals surface area contributed by atoms with Gasteiger partial charge in [0.2, 0.25) is 0 Å². The van der Waals surface area contributed by atoms with Gasteiger partial charge < -0.3 is 19.6 Å². The van der Waals surface area contributed by atoms with Crippen LogP contribution in [-0.2, 0) is 11.3 Å². The molecule has 0 aliphatic carbocycles. The number of hydrogen-bond acceptors (Lipinski definition) is 5. The van der Waals surface area contributed by atoms with Crippen LogP contribution in [0.2, 0.25) is 0 Å². The van der Waals surface area contributed by atoms with Crippen LogP contribution in [0.25, 0.3) is 11.4 Å². The number of aromatic nitrogens is 4. The standard InChI is InChI=1S/C18H16FN3O2.C10H10FN3/c1-13-20-9-10-22(13)17-8-7-15(11-16(17)19)21-18(23)24-12-14-5-3-2-4-6-14;1-7-13-4-5-14(7)10-3-2-8(12)6-9(10)11/h2-11H,12H2,1H3,(H,21,23);2-6H,12H2,1H3.